The van der Waals surface area contributed by atoms with Gasteiger partial charge in [0.15, 0.2) is 0 Å². The van der Waals surface area contributed by atoms with Gasteiger partial charge in [0.1, 0.15) is 11.9 Å². The highest BCUT2D eigenvalue weighted by atomic mass is 19.1. The normalized spacial score (nSPS) is 20.1. The van der Waals surface area contributed by atoms with Crippen molar-refractivity contribution < 1.29 is 19.1 Å². The fourth-order valence-corrected chi connectivity index (χ4v) is 2.78. The summed E-state index contributed by atoms with van der Waals surface area (Å²) in [6, 6.07) is 5.37. The number of halogens is 1. The second-order valence-electron chi connectivity index (χ2n) is 5.59. The van der Waals surface area contributed by atoms with E-state index >= 15 is 0 Å². The molecule has 2 rings (SSSR count). The molecule has 1 fully saturated rings. The van der Waals surface area contributed by atoms with Crippen LogP contribution in [0.1, 0.15) is 44.1 Å². The predicted octanol–water partition coefficient (Wildman–Crippen LogP) is 2.79. The molecule has 1 aliphatic rings. The van der Waals surface area contributed by atoms with Crippen molar-refractivity contribution in [3.8, 4) is 0 Å². The lowest BCUT2D eigenvalue weighted by Crippen LogP contribution is -2.48. The molecule has 1 heterocycles. The molecule has 0 unspecified atom stereocenters. The van der Waals surface area contributed by atoms with E-state index in [1.807, 2.05) is 6.92 Å². The highest BCUT2D eigenvalue weighted by molar-refractivity contribution is 5.84. The number of aliphatic carboxylic acids is 1. The van der Waals surface area contributed by atoms with Gasteiger partial charge in [0, 0.05) is 13.0 Å². The molecule has 1 N–H and O–H groups in total. The summed E-state index contributed by atoms with van der Waals surface area (Å²) in [7, 11) is 0. The van der Waals surface area contributed by atoms with E-state index in [4.69, 9.17) is 0 Å². The number of amides is 1. The van der Waals surface area contributed by atoms with E-state index in [0.717, 1.165) is 18.4 Å². The lowest BCUT2D eigenvalue weighted by molar-refractivity contribution is -0.152. The minimum absolute atomic E-state index is 0.0607. The van der Waals surface area contributed by atoms with Crippen molar-refractivity contribution in [2.45, 2.75) is 44.6 Å². The van der Waals surface area contributed by atoms with Crippen molar-refractivity contribution in [2.75, 3.05) is 6.54 Å². The highest BCUT2D eigenvalue weighted by Crippen LogP contribution is 2.24. The number of benzene rings is 1. The molecule has 21 heavy (non-hydrogen) atoms. The summed E-state index contributed by atoms with van der Waals surface area (Å²) in [4.78, 5) is 25.1. The van der Waals surface area contributed by atoms with Crippen molar-refractivity contribution in [1.29, 1.82) is 0 Å². The molecule has 0 bridgehead atoms. The van der Waals surface area contributed by atoms with E-state index in [9.17, 15) is 19.1 Å². The van der Waals surface area contributed by atoms with Crippen LogP contribution in [-0.4, -0.2) is 34.5 Å². The second kappa shape index (κ2) is 6.70. The van der Waals surface area contributed by atoms with Gasteiger partial charge in [-0.2, -0.15) is 0 Å². The zero-order chi connectivity index (χ0) is 15.4. The van der Waals surface area contributed by atoms with Gasteiger partial charge in [-0.25, -0.2) is 9.18 Å². The van der Waals surface area contributed by atoms with Crippen LogP contribution in [0.3, 0.4) is 0 Å². The van der Waals surface area contributed by atoms with Crippen LogP contribution >= 0.6 is 0 Å². The van der Waals surface area contributed by atoms with E-state index in [2.05, 4.69) is 0 Å². The smallest absolute Gasteiger partial charge is 0.326 e. The second-order valence-corrected chi connectivity index (χ2v) is 5.59. The predicted molar refractivity (Wildman–Crippen MR) is 76.4 cm³/mol. The number of rotatable bonds is 4. The molecule has 1 amide bonds. The number of carbonyl (C=O) groups is 2. The lowest BCUT2D eigenvalue weighted by atomic mass is 9.95. The maximum Gasteiger partial charge on any atom is 0.326 e. The molecular weight excluding hydrogens is 273 g/mol. The topological polar surface area (TPSA) is 57.6 Å². The molecule has 1 aromatic carbocycles. The van der Waals surface area contributed by atoms with Gasteiger partial charge in [-0.15, -0.1) is 0 Å². The number of piperidine rings is 1. The van der Waals surface area contributed by atoms with E-state index < -0.39 is 12.0 Å². The Hall–Kier alpha value is -1.91. The first-order valence-electron chi connectivity index (χ1n) is 7.26. The Morgan fingerprint density at radius 2 is 2.00 bits per heavy atom. The Labute approximate surface area is 123 Å². The van der Waals surface area contributed by atoms with Gasteiger partial charge in [-0.05, 0) is 42.9 Å². The van der Waals surface area contributed by atoms with Gasteiger partial charge in [-0.1, -0.05) is 19.1 Å². The Morgan fingerprint density at radius 1 is 1.33 bits per heavy atom. The van der Waals surface area contributed by atoms with Gasteiger partial charge in [-0.3, -0.25) is 4.79 Å². The summed E-state index contributed by atoms with van der Waals surface area (Å²) in [6.45, 7) is 2.40. The summed E-state index contributed by atoms with van der Waals surface area (Å²) < 4.78 is 12.9. The van der Waals surface area contributed by atoms with Crippen molar-refractivity contribution in [1.82, 2.24) is 4.90 Å². The van der Waals surface area contributed by atoms with Crippen LogP contribution in [0.4, 0.5) is 4.39 Å². The van der Waals surface area contributed by atoms with Crippen LogP contribution in [0.25, 0.3) is 0 Å². The minimum atomic E-state index is -0.933. The van der Waals surface area contributed by atoms with Gasteiger partial charge in [0.25, 0.3) is 0 Å². The van der Waals surface area contributed by atoms with Crippen LogP contribution in [-0.2, 0) is 9.59 Å². The zero-order valence-electron chi connectivity index (χ0n) is 12.1. The van der Waals surface area contributed by atoms with Crippen molar-refractivity contribution in [2.24, 2.45) is 0 Å². The van der Waals surface area contributed by atoms with E-state index in [1.54, 1.807) is 12.1 Å². The minimum Gasteiger partial charge on any atom is -0.480 e. The first-order chi connectivity index (χ1) is 9.99. The highest BCUT2D eigenvalue weighted by Gasteiger charge is 2.32. The van der Waals surface area contributed by atoms with Gasteiger partial charge < -0.3 is 10.0 Å². The summed E-state index contributed by atoms with van der Waals surface area (Å²) in [5.74, 6) is -1.44. The quantitative estimate of drug-likeness (QED) is 0.928. The largest absolute Gasteiger partial charge is 0.480 e. The van der Waals surface area contributed by atoms with Crippen LogP contribution < -0.4 is 0 Å². The monoisotopic (exact) mass is 293 g/mol. The number of nitrogens with zero attached hydrogens (tertiary/aromatic N) is 1. The third kappa shape index (κ3) is 3.80. The molecule has 0 saturated carbocycles. The Morgan fingerprint density at radius 3 is 2.62 bits per heavy atom. The Balaban J connectivity index is 2.02. The Kier molecular flexibility index (Phi) is 4.94. The molecule has 0 spiro atoms. The summed E-state index contributed by atoms with van der Waals surface area (Å²) >= 11 is 0. The van der Waals surface area contributed by atoms with Crippen LogP contribution in [0.15, 0.2) is 24.3 Å². The molecule has 0 aromatic heterocycles. The number of likely N-dealkylation sites (tertiary alicyclic amines) is 1. The molecule has 2 atom stereocenters. The summed E-state index contributed by atoms with van der Waals surface area (Å²) in [6.07, 6.45) is 2.45. The van der Waals surface area contributed by atoms with Crippen molar-refractivity contribution in [3.63, 3.8) is 0 Å². The first kappa shape index (κ1) is 15.5. The maximum atomic E-state index is 12.9. The van der Waals surface area contributed by atoms with Crippen molar-refractivity contribution >= 4 is 11.9 Å². The molecule has 1 aliphatic heterocycles. The molecule has 4 nitrogen and oxygen atoms in total. The first-order valence-corrected chi connectivity index (χ1v) is 7.26. The zero-order valence-corrected chi connectivity index (χ0v) is 12.1. The van der Waals surface area contributed by atoms with E-state index in [0.29, 0.717) is 13.0 Å². The molecule has 1 saturated heterocycles. The summed E-state index contributed by atoms with van der Waals surface area (Å²) in [5.41, 5.74) is 0.883. The molecular formula is C16H20FNO3. The fraction of sp³-hybridized carbons (Fsp3) is 0.500. The Bertz CT molecular complexity index is 515. The van der Waals surface area contributed by atoms with Gasteiger partial charge >= 0.3 is 5.97 Å². The number of carboxylic acids is 1. The van der Waals surface area contributed by atoms with Gasteiger partial charge in [0.2, 0.25) is 5.91 Å². The molecule has 114 valence electrons. The van der Waals surface area contributed by atoms with Gasteiger partial charge in [0.05, 0.1) is 0 Å². The SMILES string of the molecule is C[C@@H](CC(=O)N1CCCC[C@@H]1C(=O)O)c1ccc(F)cc1. The number of carbonyl (C=O) groups excluding carboxylic acids is 1. The fourth-order valence-electron chi connectivity index (χ4n) is 2.78. The van der Waals surface area contributed by atoms with E-state index in [1.165, 1.54) is 17.0 Å². The molecule has 0 radical (unpaired) electrons. The summed E-state index contributed by atoms with van der Waals surface area (Å²) in [5, 5.41) is 9.20. The van der Waals surface area contributed by atoms with Crippen LogP contribution in [0.5, 0.6) is 0 Å². The third-order valence-corrected chi connectivity index (χ3v) is 4.03. The average Bonchev–Trinajstić information content (AvgIpc) is 2.47. The van der Waals surface area contributed by atoms with Crippen LogP contribution in [0.2, 0.25) is 0 Å². The van der Waals surface area contributed by atoms with Crippen molar-refractivity contribution in [3.05, 3.63) is 35.6 Å². The van der Waals surface area contributed by atoms with E-state index in [-0.39, 0.29) is 24.1 Å². The lowest BCUT2D eigenvalue weighted by Gasteiger charge is -2.33. The van der Waals surface area contributed by atoms with Crippen LogP contribution in [0, 0.1) is 5.82 Å². The molecule has 1 aromatic rings. The number of carboxylic acid groups (broad SMARTS) is 1. The molecule has 5 heteroatoms. The molecule has 0 aliphatic carbocycles. The number of hydrogen-bond acceptors (Lipinski definition) is 2. The standard InChI is InChI=1S/C16H20FNO3/c1-11(12-5-7-13(17)8-6-12)10-15(19)18-9-3-2-4-14(18)16(20)21/h5-8,11,14H,2-4,9-10H2,1H3,(H,20,21)/t11-,14+/m0/s1. The third-order valence-electron chi connectivity index (χ3n) is 4.03. The average molecular weight is 293 g/mol. The number of hydrogen-bond donors (Lipinski definition) is 1. The maximum absolute atomic E-state index is 12.9.